The van der Waals surface area contributed by atoms with E-state index in [9.17, 15) is 9.59 Å². The minimum atomic E-state index is -1.08. The zero-order valence-electron chi connectivity index (χ0n) is 11.2. The van der Waals surface area contributed by atoms with E-state index in [1.165, 1.54) is 0 Å². The van der Waals surface area contributed by atoms with Gasteiger partial charge in [0.25, 0.3) is 0 Å². The smallest absolute Gasteiger partial charge is 0.329 e. The summed E-state index contributed by atoms with van der Waals surface area (Å²) < 4.78 is 4.89. The Morgan fingerprint density at radius 3 is 2.05 bits per heavy atom. The SMILES string of the molecule is O=C(O)COCC(=O)N(Cc1cccs1)Cc1cccs1. The van der Waals surface area contributed by atoms with Gasteiger partial charge in [-0.2, -0.15) is 0 Å². The molecule has 2 rings (SSSR count). The molecular formula is C14H15NO4S2. The number of carboxylic acids is 1. The van der Waals surface area contributed by atoms with E-state index in [1.807, 2.05) is 35.0 Å². The molecule has 1 amide bonds. The van der Waals surface area contributed by atoms with E-state index in [0.29, 0.717) is 13.1 Å². The first-order valence-corrected chi connectivity index (χ1v) is 8.03. The van der Waals surface area contributed by atoms with Gasteiger partial charge in [-0.3, -0.25) is 4.79 Å². The molecule has 7 heteroatoms. The highest BCUT2D eigenvalue weighted by molar-refractivity contribution is 7.10. The Balaban J connectivity index is 1.96. The number of aliphatic carboxylic acids is 1. The van der Waals surface area contributed by atoms with Crippen molar-refractivity contribution in [3.63, 3.8) is 0 Å². The molecule has 2 heterocycles. The first-order valence-electron chi connectivity index (χ1n) is 6.27. The van der Waals surface area contributed by atoms with Crippen molar-refractivity contribution in [2.45, 2.75) is 13.1 Å². The fraction of sp³-hybridized carbons (Fsp3) is 0.286. The van der Waals surface area contributed by atoms with Crippen LogP contribution in [0.15, 0.2) is 35.0 Å². The van der Waals surface area contributed by atoms with Gasteiger partial charge in [-0.05, 0) is 22.9 Å². The summed E-state index contributed by atoms with van der Waals surface area (Å²) in [4.78, 5) is 26.5. The lowest BCUT2D eigenvalue weighted by Crippen LogP contribution is -2.33. The maximum Gasteiger partial charge on any atom is 0.329 e. The fourth-order valence-corrected chi connectivity index (χ4v) is 3.17. The minimum absolute atomic E-state index is 0.210. The van der Waals surface area contributed by atoms with Crippen LogP contribution in [-0.4, -0.2) is 35.1 Å². The molecule has 0 aromatic carbocycles. The molecule has 0 radical (unpaired) electrons. The second-order valence-electron chi connectivity index (χ2n) is 4.30. The van der Waals surface area contributed by atoms with Crippen molar-refractivity contribution in [1.29, 1.82) is 0 Å². The Morgan fingerprint density at radius 2 is 1.62 bits per heavy atom. The van der Waals surface area contributed by atoms with Crippen LogP contribution >= 0.6 is 22.7 Å². The van der Waals surface area contributed by atoms with Crippen molar-refractivity contribution in [2.24, 2.45) is 0 Å². The van der Waals surface area contributed by atoms with E-state index in [0.717, 1.165) is 9.75 Å². The van der Waals surface area contributed by atoms with Gasteiger partial charge in [0.1, 0.15) is 13.2 Å². The second-order valence-corrected chi connectivity index (χ2v) is 6.36. The van der Waals surface area contributed by atoms with Crippen LogP contribution in [0.3, 0.4) is 0 Å². The number of thiophene rings is 2. The first kappa shape index (κ1) is 15.7. The van der Waals surface area contributed by atoms with Crippen molar-refractivity contribution in [1.82, 2.24) is 4.90 Å². The van der Waals surface area contributed by atoms with Gasteiger partial charge in [0.15, 0.2) is 0 Å². The van der Waals surface area contributed by atoms with E-state index < -0.39 is 12.6 Å². The molecule has 5 nitrogen and oxygen atoms in total. The third kappa shape index (κ3) is 5.30. The molecule has 0 aliphatic heterocycles. The molecule has 0 saturated carbocycles. The molecule has 1 N–H and O–H groups in total. The predicted octanol–water partition coefficient (Wildman–Crippen LogP) is 2.44. The van der Waals surface area contributed by atoms with Crippen molar-refractivity contribution in [3.8, 4) is 0 Å². The van der Waals surface area contributed by atoms with Crippen LogP contribution in [0, 0.1) is 0 Å². The number of carbonyl (C=O) groups excluding carboxylic acids is 1. The van der Waals surface area contributed by atoms with Gasteiger partial charge < -0.3 is 14.7 Å². The number of amides is 1. The number of carboxylic acid groups (broad SMARTS) is 1. The molecule has 0 aliphatic rings. The molecule has 0 aliphatic carbocycles. The fourth-order valence-electron chi connectivity index (χ4n) is 1.73. The zero-order valence-corrected chi connectivity index (χ0v) is 12.9. The van der Waals surface area contributed by atoms with Crippen LogP contribution in [-0.2, 0) is 27.4 Å². The van der Waals surface area contributed by atoms with Crippen LogP contribution in [0.5, 0.6) is 0 Å². The number of hydrogen-bond donors (Lipinski definition) is 1. The summed E-state index contributed by atoms with van der Waals surface area (Å²) in [6.45, 7) is 0.330. The van der Waals surface area contributed by atoms with Gasteiger partial charge >= 0.3 is 5.97 Å². The average Bonchev–Trinajstić information content (AvgIpc) is 3.10. The van der Waals surface area contributed by atoms with E-state index in [4.69, 9.17) is 9.84 Å². The highest BCUT2D eigenvalue weighted by Gasteiger charge is 2.16. The Hall–Kier alpha value is -1.70. The molecule has 0 saturated heterocycles. The van der Waals surface area contributed by atoms with Crippen LogP contribution in [0.1, 0.15) is 9.75 Å². The first-order chi connectivity index (χ1) is 10.1. The summed E-state index contributed by atoms with van der Waals surface area (Å²) in [7, 11) is 0. The Labute approximate surface area is 130 Å². The monoisotopic (exact) mass is 325 g/mol. The van der Waals surface area contributed by atoms with Crippen molar-refractivity contribution >= 4 is 34.6 Å². The van der Waals surface area contributed by atoms with Crippen LogP contribution in [0.4, 0.5) is 0 Å². The lowest BCUT2D eigenvalue weighted by molar-refractivity contribution is -0.146. The standard InChI is InChI=1S/C14H15NO4S2/c16-13(9-19-10-14(17)18)15(7-11-3-1-5-20-11)8-12-4-2-6-21-12/h1-6H,7-10H2,(H,17,18). The summed E-state index contributed by atoms with van der Waals surface area (Å²) >= 11 is 3.17. The molecule has 112 valence electrons. The van der Waals surface area contributed by atoms with Crippen molar-refractivity contribution in [3.05, 3.63) is 44.8 Å². The van der Waals surface area contributed by atoms with E-state index in [-0.39, 0.29) is 12.5 Å². The van der Waals surface area contributed by atoms with Crippen molar-refractivity contribution < 1.29 is 19.4 Å². The van der Waals surface area contributed by atoms with Gasteiger partial charge in [-0.25, -0.2) is 4.79 Å². The van der Waals surface area contributed by atoms with Crippen LogP contribution < -0.4 is 0 Å². The Kier molecular flexibility index (Phi) is 5.91. The number of hydrogen-bond acceptors (Lipinski definition) is 5. The Bertz CT molecular complexity index is 530. The van der Waals surface area contributed by atoms with Crippen LogP contribution in [0.2, 0.25) is 0 Å². The second kappa shape index (κ2) is 7.92. The third-order valence-electron chi connectivity index (χ3n) is 2.66. The van der Waals surface area contributed by atoms with E-state index in [1.54, 1.807) is 27.6 Å². The highest BCUT2D eigenvalue weighted by atomic mass is 32.1. The highest BCUT2D eigenvalue weighted by Crippen LogP contribution is 2.17. The molecule has 2 aromatic rings. The maximum atomic E-state index is 12.2. The third-order valence-corrected chi connectivity index (χ3v) is 4.38. The van der Waals surface area contributed by atoms with E-state index >= 15 is 0 Å². The molecular weight excluding hydrogens is 310 g/mol. The number of carbonyl (C=O) groups is 2. The zero-order chi connectivity index (χ0) is 15.1. The topological polar surface area (TPSA) is 66.8 Å². The summed E-state index contributed by atoms with van der Waals surface area (Å²) in [5, 5.41) is 12.5. The van der Waals surface area contributed by atoms with Gasteiger partial charge in [-0.1, -0.05) is 12.1 Å². The van der Waals surface area contributed by atoms with Gasteiger partial charge in [0.2, 0.25) is 5.91 Å². The number of rotatable bonds is 8. The van der Waals surface area contributed by atoms with Crippen LogP contribution in [0.25, 0.3) is 0 Å². The summed E-state index contributed by atoms with van der Waals surface area (Å²) in [6, 6.07) is 7.82. The quantitative estimate of drug-likeness (QED) is 0.809. The summed E-state index contributed by atoms with van der Waals surface area (Å²) in [6.07, 6.45) is 0. The summed E-state index contributed by atoms with van der Waals surface area (Å²) in [5.41, 5.74) is 0. The largest absolute Gasteiger partial charge is 0.480 e. The normalized spacial score (nSPS) is 10.5. The summed E-state index contributed by atoms with van der Waals surface area (Å²) in [5.74, 6) is -1.29. The Morgan fingerprint density at radius 1 is 1.05 bits per heavy atom. The lowest BCUT2D eigenvalue weighted by Gasteiger charge is -2.21. The predicted molar refractivity (Wildman–Crippen MR) is 81.3 cm³/mol. The number of ether oxygens (including phenoxy) is 1. The molecule has 0 spiro atoms. The molecule has 21 heavy (non-hydrogen) atoms. The van der Waals surface area contributed by atoms with Gasteiger partial charge in [-0.15, -0.1) is 22.7 Å². The van der Waals surface area contributed by atoms with Crippen molar-refractivity contribution in [2.75, 3.05) is 13.2 Å². The van der Waals surface area contributed by atoms with E-state index in [2.05, 4.69) is 0 Å². The lowest BCUT2D eigenvalue weighted by atomic mass is 10.3. The average molecular weight is 325 g/mol. The molecule has 0 bridgehead atoms. The molecule has 0 unspecified atom stereocenters. The maximum absolute atomic E-state index is 12.2. The van der Waals surface area contributed by atoms with Gasteiger partial charge in [0, 0.05) is 9.75 Å². The number of nitrogens with zero attached hydrogens (tertiary/aromatic N) is 1. The molecule has 0 fully saturated rings. The minimum Gasteiger partial charge on any atom is -0.480 e. The molecule has 2 aromatic heterocycles. The molecule has 0 atom stereocenters. The van der Waals surface area contributed by atoms with Gasteiger partial charge in [0.05, 0.1) is 13.1 Å².